The van der Waals surface area contributed by atoms with Gasteiger partial charge in [-0.25, -0.2) is 0 Å². The molecule has 6 heteroatoms. The molecule has 0 unspecified atom stereocenters. The minimum Gasteiger partial charge on any atom is -0.456 e. The van der Waals surface area contributed by atoms with Gasteiger partial charge in [0, 0.05) is 89.8 Å². The van der Waals surface area contributed by atoms with Crippen molar-refractivity contribution in [2.24, 2.45) is 0 Å². The molecule has 0 N–H and O–H groups in total. The van der Waals surface area contributed by atoms with Crippen LogP contribution in [-0.4, -0.2) is 0 Å². The minimum atomic E-state index is -0.335. The standard InChI is InChI=1S/C120H96N2O2S2/c1-117(2,3)80-67-78(68-81(71-80)118(4,5)6)85-42-24-32-76-35-27-46-93(111(76)85)89-37-13-19-50-100(89)122(103-53-31-59-110-115(103)98-41-17-23-57-108(98)126-110)101-51-20-14-38-90(101)94-47-29-55-105-113(94)96-65-60-74(66-106(96)123-105)73-120(10,11)83-70-79(69-82(72-83)119(7,8)9)86-43-25-33-77-34-26-45-92(112(77)86)88-36-12-18-49-99(88)121(102-52-30-58-109-114(102)97-40-16-22-56-107(97)125-109)84-63-61-75(62-64-84)87-44-28-48-95-91-39-15-21-54-104(91)124-116(87)95/h12-72H,73H2,1-11H3. The summed E-state index contributed by atoms with van der Waals surface area (Å²) in [6, 6.07) is 139. The highest BCUT2D eigenvalue weighted by atomic mass is 32.1. The highest BCUT2D eigenvalue weighted by molar-refractivity contribution is 7.26. The molecule has 0 aliphatic heterocycles. The van der Waals surface area contributed by atoms with Crippen molar-refractivity contribution >= 4 is 163 Å². The van der Waals surface area contributed by atoms with Crippen molar-refractivity contribution in [3.8, 4) is 66.8 Å². The number of anilines is 6. The molecule has 0 bridgehead atoms. The van der Waals surface area contributed by atoms with Gasteiger partial charge in [0.15, 0.2) is 0 Å². The van der Waals surface area contributed by atoms with Crippen LogP contribution in [0.3, 0.4) is 0 Å². The molecular weight excluding hydrogens is 1570 g/mol. The predicted octanol–water partition coefficient (Wildman–Crippen LogP) is 35.9. The summed E-state index contributed by atoms with van der Waals surface area (Å²) in [5, 5.41) is 14.2. The van der Waals surface area contributed by atoms with E-state index >= 15 is 0 Å². The van der Waals surface area contributed by atoms with Crippen LogP contribution in [0, 0.1) is 0 Å². The van der Waals surface area contributed by atoms with Crippen molar-refractivity contribution in [2.75, 3.05) is 9.80 Å². The fraction of sp³-hybridized carbons (Fsp3) is 0.133. The maximum atomic E-state index is 7.22. The van der Waals surface area contributed by atoms with Crippen LogP contribution in [0.15, 0.2) is 379 Å². The van der Waals surface area contributed by atoms with E-state index in [4.69, 9.17) is 8.83 Å². The van der Waals surface area contributed by atoms with Crippen LogP contribution in [0.2, 0.25) is 0 Å². The molecule has 0 aliphatic carbocycles. The van der Waals surface area contributed by atoms with Crippen LogP contribution in [0.5, 0.6) is 0 Å². The second kappa shape index (κ2) is 30.2. The first-order valence-electron chi connectivity index (χ1n) is 44.1. The van der Waals surface area contributed by atoms with Gasteiger partial charge in [0.1, 0.15) is 22.3 Å². The molecule has 126 heavy (non-hydrogen) atoms. The second-order valence-corrected chi connectivity index (χ2v) is 40.2. The molecule has 22 rings (SSSR count). The van der Waals surface area contributed by atoms with Crippen LogP contribution >= 0.6 is 22.7 Å². The summed E-state index contributed by atoms with van der Waals surface area (Å²) in [7, 11) is 0. The van der Waals surface area contributed by atoms with E-state index in [1.165, 1.54) is 123 Å². The van der Waals surface area contributed by atoms with E-state index in [0.717, 1.165) is 118 Å². The summed E-state index contributed by atoms with van der Waals surface area (Å²) < 4.78 is 18.9. The summed E-state index contributed by atoms with van der Waals surface area (Å²) in [5.41, 5.74) is 29.7. The van der Waals surface area contributed by atoms with E-state index in [1.807, 2.05) is 28.7 Å². The fourth-order valence-electron chi connectivity index (χ4n) is 19.8. The van der Waals surface area contributed by atoms with Crippen molar-refractivity contribution in [1.29, 1.82) is 0 Å². The van der Waals surface area contributed by atoms with Crippen LogP contribution in [0.25, 0.3) is 173 Å². The molecule has 610 valence electrons. The summed E-state index contributed by atoms with van der Waals surface area (Å²) in [4.78, 5) is 5.08. The Labute approximate surface area is 744 Å². The van der Waals surface area contributed by atoms with Gasteiger partial charge in [-0.15, -0.1) is 22.7 Å². The largest absolute Gasteiger partial charge is 0.456 e. The molecule has 0 saturated heterocycles. The molecule has 0 fully saturated rings. The zero-order valence-corrected chi connectivity index (χ0v) is 74.6. The van der Waals surface area contributed by atoms with Gasteiger partial charge in [0.05, 0.1) is 28.4 Å². The first-order chi connectivity index (χ1) is 61.1. The molecular formula is C120H96N2O2S2. The Balaban J connectivity index is 0.647. The lowest BCUT2D eigenvalue weighted by Crippen LogP contribution is -2.22. The lowest BCUT2D eigenvalue weighted by Gasteiger charge is -2.31. The number of hydrogen-bond donors (Lipinski definition) is 0. The Kier molecular flexibility index (Phi) is 18.7. The third kappa shape index (κ3) is 13.5. The van der Waals surface area contributed by atoms with Gasteiger partial charge in [-0.2, -0.15) is 0 Å². The number of para-hydroxylation sites is 5. The maximum absolute atomic E-state index is 7.22. The number of furan rings is 2. The molecule has 0 aliphatic rings. The van der Waals surface area contributed by atoms with Gasteiger partial charge >= 0.3 is 0 Å². The van der Waals surface area contributed by atoms with Gasteiger partial charge < -0.3 is 18.6 Å². The average Bonchev–Trinajstić information content (AvgIpc) is 1.31. The number of hydrogen-bond acceptors (Lipinski definition) is 6. The molecule has 4 nitrogen and oxygen atoms in total. The lowest BCUT2D eigenvalue weighted by atomic mass is 9.75. The summed E-state index contributed by atoms with van der Waals surface area (Å²) in [6.45, 7) is 25.9. The topological polar surface area (TPSA) is 32.8 Å². The van der Waals surface area contributed by atoms with Gasteiger partial charge in [-0.05, 0) is 207 Å². The van der Waals surface area contributed by atoms with Crippen molar-refractivity contribution in [3.05, 3.63) is 398 Å². The summed E-state index contributed by atoms with van der Waals surface area (Å²) in [5.74, 6) is 0. The third-order valence-corrected chi connectivity index (χ3v) is 28.5. The number of rotatable bonds is 15. The molecule has 0 amide bonds. The molecule has 0 radical (unpaired) electrons. The minimum absolute atomic E-state index is 0.0566. The molecule has 0 spiro atoms. The Bertz CT molecular complexity index is 8080. The Morgan fingerprint density at radius 3 is 1.17 bits per heavy atom. The van der Waals surface area contributed by atoms with Crippen LogP contribution < -0.4 is 9.80 Å². The van der Waals surface area contributed by atoms with Crippen molar-refractivity contribution in [2.45, 2.75) is 104 Å². The van der Waals surface area contributed by atoms with E-state index in [1.54, 1.807) is 0 Å². The van der Waals surface area contributed by atoms with E-state index in [2.05, 4.69) is 450 Å². The maximum Gasteiger partial charge on any atom is 0.143 e. The van der Waals surface area contributed by atoms with E-state index in [9.17, 15) is 0 Å². The van der Waals surface area contributed by atoms with Gasteiger partial charge in [0.25, 0.3) is 0 Å². The van der Waals surface area contributed by atoms with E-state index < -0.39 is 0 Å². The van der Waals surface area contributed by atoms with Crippen LogP contribution in [0.1, 0.15) is 104 Å². The third-order valence-electron chi connectivity index (χ3n) is 26.3. The number of fused-ring (bicyclic) bond motifs is 14. The van der Waals surface area contributed by atoms with Crippen molar-refractivity contribution < 1.29 is 8.83 Å². The molecule has 22 aromatic rings. The zero-order valence-electron chi connectivity index (χ0n) is 73.0. The first kappa shape index (κ1) is 78.1. The fourth-order valence-corrected chi connectivity index (χ4v) is 22.1. The Hall–Kier alpha value is -13.9. The van der Waals surface area contributed by atoms with E-state index in [0.29, 0.717) is 0 Å². The monoisotopic (exact) mass is 1660 g/mol. The normalized spacial score (nSPS) is 12.4. The van der Waals surface area contributed by atoms with Crippen LogP contribution in [0.4, 0.5) is 34.1 Å². The average molecular weight is 1660 g/mol. The first-order valence-corrected chi connectivity index (χ1v) is 45.8. The highest BCUT2D eigenvalue weighted by Gasteiger charge is 2.32. The van der Waals surface area contributed by atoms with Crippen molar-refractivity contribution in [3.63, 3.8) is 0 Å². The number of thiophene rings is 2. The number of benzene rings is 18. The van der Waals surface area contributed by atoms with E-state index in [-0.39, 0.29) is 21.7 Å². The SMILES string of the molecule is CC(C)(C)c1cc(-c2cccc3cccc(-c4ccccc4N(c4ccccc4-c4cccc5oc6cc(CC(C)(C)c7cc(-c8cccc9cccc(-c%10ccccc%10N(c%10ccc(-c%11cccc%12c%11oc%11ccccc%11%12)cc%10)c%10cccc%11sc%12ccccc%12c%10%11)c89)cc(C(C)(C)C)c7)ccc6c45)c4cccc5sc6ccccc6c45)c23)cc(C(C)(C)C)c1. The Morgan fingerprint density at radius 1 is 0.238 bits per heavy atom. The van der Waals surface area contributed by atoms with Crippen molar-refractivity contribution in [1.82, 2.24) is 0 Å². The summed E-state index contributed by atoms with van der Waals surface area (Å²) >= 11 is 3.71. The van der Waals surface area contributed by atoms with Crippen LogP contribution in [-0.2, 0) is 28.1 Å². The molecule has 18 aromatic carbocycles. The lowest BCUT2D eigenvalue weighted by molar-refractivity contribution is 0.517. The molecule has 4 aromatic heterocycles. The zero-order chi connectivity index (χ0) is 85.6. The smallest absolute Gasteiger partial charge is 0.143 e. The quantitative estimate of drug-likeness (QED) is 0.102. The molecule has 4 heterocycles. The second-order valence-electron chi connectivity index (χ2n) is 38.0. The van der Waals surface area contributed by atoms with Gasteiger partial charge in [0.2, 0.25) is 0 Å². The molecule has 0 saturated carbocycles. The van der Waals surface area contributed by atoms with Gasteiger partial charge in [-0.3, -0.25) is 0 Å². The number of nitrogens with zero attached hydrogens (tertiary/aromatic N) is 2. The van der Waals surface area contributed by atoms with Gasteiger partial charge in [-0.1, -0.05) is 361 Å². The molecule has 0 atom stereocenters. The Morgan fingerprint density at radius 2 is 0.627 bits per heavy atom. The summed E-state index contributed by atoms with van der Waals surface area (Å²) in [6.07, 6.45) is 0.770. The predicted molar refractivity (Wildman–Crippen MR) is 543 cm³/mol. The highest BCUT2D eigenvalue weighted by Crippen LogP contribution is 2.55.